The van der Waals surface area contributed by atoms with E-state index in [1.165, 1.54) is 6.08 Å². The molecule has 5 heteroatoms. The zero-order valence-electron chi connectivity index (χ0n) is 15.2. The highest BCUT2D eigenvalue weighted by Gasteiger charge is 2.14. The topological polar surface area (TPSA) is 48.4 Å². The van der Waals surface area contributed by atoms with E-state index < -0.39 is 0 Å². The first kappa shape index (κ1) is 19.2. The van der Waals surface area contributed by atoms with Crippen LogP contribution in [0.4, 0.5) is 0 Å². The van der Waals surface area contributed by atoms with Crippen LogP contribution < -0.4 is 0 Å². The molecule has 0 aliphatic heterocycles. The fourth-order valence-electron chi connectivity index (χ4n) is 2.88. The number of para-hydroxylation sites is 1. The molecule has 0 aliphatic rings. The molecule has 27 heavy (non-hydrogen) atoms. The molecule has 0 atom stereocenters. The van der Waals surface area contributed by atoms with Gasteiger partial charge >= 0.3 is 0 Å². The molecule has 3 aromatic rings. The first-order valence-electron chi connectivity index (χ1n) is 8.48. The Morgan fingerprint density at radius 1 is 1.11 bits per heavy atom. The van der Waals surface area contributed by atoms with Crippen LogP contribution in [0.25, 0.3) is 17.0 Å². The quantitative estimate of drug-likeness (QED) is 0.423. The fraction of sp³-hybridized carbons (Fsp3) is 0.182. The number of benzene rings is 2. The SMILES string of the molecule is COCc1cc(COC)c(Cl)c(C(=O)/C=C/c2cnc3ccccc3c2)c1. The van der Waals surface area contributed by atoms with Gasteiger partial charge in [0.2, 0.25) is 0 Å². The lowest BCUT2D eigenvalue weighted by molar-refractivity contribution is 0.104. The lowest BCUT2D eigenvalue weighted by Gasteiger charge is -2.11. The molecule has 1 aromatic heterocycles. The van der Waals surface area contributed by atoms with Crippen molar-refractivity contribution in [2.75, 3.05) is 14.2 Å². The van der Waals surface area contributed by atoms with E-state index >= 15 is 0 Å². The Bertz CT molecular complexity index is 998. The third-order valence-corrected chi connectivity index (χ3v) is 4.57. The number of fused-ring (bicyclic) bond motifs is 1. The average Bonchev–Trinajstić information content (AvgIpc) is 2.68. The Hall–Kier alpha value is -2.53. The molecule has 4 nitrogen and oxygen atoms in total. The number of allylic oxidation sites excluding steroid dienone is 1. The number of hydrogen-bond acceptors (Lipinski definition) is 4. The van der Waals surface area contributed by atoms with Crippen molar-refractivity contribution < 1.29 is 14.3 Å². The van der Waals surface area contributed by atoms with E-state index in [0.717, 1.165) is 27.6 Å². The normalized spacial score (nSPS) is 11.4. The predicted molar refractivity (Wildman–Crippen MR) is 108 cm³/mol. The van der Waals surface area contributed by atoms with Gasteiger partial charge in [-0.15, -0.1) is 0 Å². The van der Waals surface area contributed by atoms with Gasteiger partial charge in [0.25, 0.3) is 0 Å². The van der Waals surface area contributed by atoms with E-state index in [4.69, 9.17) is 21.1 Å². The van der Waals surface area contributed by atoms with Gasteiger partial charge in [0.15, 0.2) is 5.78 Å². The monoisotopic (exact) mass is 381 g/mol. The average molecular weight is 382 g/mol. The van der Waals surface area contributed by atoms with Crippen molar-refractivity contribution in [3.63, 3.8) is 0 Å². The molecule has 0 saturated carbocycles. The van der Waals surface area contributed by atoms with E-state index in [9.17, 15) is 4.79 Å². The molecule has 0 N–H and O–H groups in total. The minimum Gasteiger partial charge on any atom is -0.380 e. The lowest BCUT2D eigenvalue weighted by atomic mass is 10.0. The lowest BCUT2D eigenvalue weighted by Crippen LogP contribution is -2.03. The van der Waals surface area contributed by atoms with Crippen molar-refractivity contribution >= 4 is 34.4 Å². The number of nitrogens with zero attached hydrogens (tertiary/aromatic N) is 1. The maximum absolute atomic E-state index is 12.7. The summed E-state index contributed by atoms with van der Waals surface area (Å²) in [6, 6.07) is 13.5. The predicted octanol–water partition coefficient (Wildman–Crippen LogP) is 5.08. The molecule has 3 rings (SSSR count). The maximum atomic E-state index is 12.7. The highest BCUT2D eigenvalue weighted by molar-refractivity contribution is 6.35. The molecule has 2 aromatic carbocycles. The Balaban J connectivity index is 1.90. The van der Waals surface area contributed by atoms with E-state index in [-0.39, 0.29) is 5.78 Å². The number of hydrogen-bond donors (Lipinski definition) is 0. The molecule has 1 heterocycles. The van der Waals surface area contributed by atoms with Crippen molar-refractivity contribution in [2.45, 2.75) is 13.2 Å². The summed E-state index contributed by atoms with van der Waals surface area (Å²) in [5, 5.41) is 1.43. The number of rotatable bonds is 7. The minimum absolute atomic E-state index is 0.177. The summed E-state index contributed by atoms with van der Waals surface area (Å²) in [6.45, 7) is 0.724. The molecule has 138 valence electrons. The van der Waals surface area contributed by atoms with Crippen LogP contribution in [0.1, 0.15) is 27.0 Å². The Morgan fingerprint density at radius 2 is 1.89 bits per heavy atom. The number of carbonyl (C=O) groups is 1. The van der Waals surface area contributed by atoms with Crippen molar-refractivity contribution in [3.05, 3.63) is 82.0 Å². The molecule has 0 saturated heterocycles. The number of methoxy groups -OCH3 is 2. The number of carbonyl (C=O) groups excluding carboxylic acids is 1. The van der Waals surface area contributed by atoms with Crippen LogP contribution in [-0.4, -0.2) is 25.0 Å². The van der Waals surface area contributed by atoms with Gasteiger partial charge in [-0.3, -0.25) is 9.78 Å². The van der Waals surface area contributed by atoms with E-state index in [1.807, 2.05) is 36.4 Å². The summed E-state index contributed by atoms with van der Waals surface area (Å²) in [7, 11) is 3.20. The van der Waals surface area contributed by atoms with Gasteiger partial charge in [-0.05, 0) is 53.1 Å². The van der Waals surface area contributed by atoms with Gasteiger partial charge < -0.3 is 9.47 Å². The van der Waals surface area contributed by atoms with Crippen LogP contribution in [0.3, 0.4) is 0 Å². The second-order valence-corrected chi connectivity index (χ2v) is 6.52. The van der Waals surface area contributed by atoms with Crippen LogP contribution in [0.2, 0.25) is 5.02 Å². The summed E-state index contributed by atoms with van der Waals surface area (Å²) in [4.78, 5) is 17.1. The third kappa shape index (κ3) is 4.61. The molecule has 0 radical (unpaired) electrons. The van der Waals surface area contributed by atoms with Crippen molar-refractivity contribution in [2.24, 2.45) is 0 Å². The number of ketones is 1. The van der Waals surface area contributed by atoms with Crippen LogP contribution in [-0.2, 0) is 22.7 Å². The van der Waals surface area contributed by atoms with Crippen molar-refractivity contribution in [3.8, 4) is 0 Å². The third-order valence-electron chi connectivity index (χ3n) is 4.12. The van der Waals surface area contributed by atoms with Crippen LogP contribution in [0.5, 0.6) is 0 Å². The maximum Gasteiger partial charge on any atom is 0.187 e. The molecular weight excluding hydrogens is 362 g/mol. The number of halogens is 1. The Labute approximate surface area is 163 Å². The summed E-state index contributed by atoms with van der Waals surface area (Å²) in [5.74, 6) is -0.177. The first-order valence-corrected chi connectivity index (χ1v) is 8.86. The van der Waals surface area contributed by atoms with Gasteiger partial charge in [0, 0.05) is 31.4 Å². The van der Waals surface area contributed by atoms with Crippen LogP contribution >= 0.6 is 11.6 Å². The summed E-state index contributed by atoms with van der Waals surface area (Å²) in [5.41, 5.74) is 3.84. The smallest absolute Gasteiger partial charge is 0.187 e. The number of ether oxygens (including phenoxy) is 2. The summed E-state index contributed by atoms with van der Waals surface area (Å²) in [6.07, 6.45) is 5.00. The Kier molecular flexibility index (Phi) is 6.35. The minimum atomic E-state index is -0.177. The molecule has 0 bridgehead atoms. The van der Waals surface area contributed by atoms with Crippen molar-refractivity contribution in [1.29, 1.82) is 0 Å². The van der Waals surface area contributed by atoms with Gasteiger partial charge in [0.1, 0.15) is 0 Å². The van der Waals surface area contributed by atoms with E-state index in [0.29, 0.717) is 23.8 Å². The highest BCUT2D eigenvalue weighted by atomic mass is 35.5. The Morgan fingerprint density at radius 3 is 2.67 bits per heavy atom. The van der Waals surface area contributed by atoms with E-state index in [1.54, 1.807) is 32.6 Å². The number of aromatic nitrogens is 1. The molecule has 0 amide bonds. The van der Waals surface area contributed by atoms with Gasteiger partial charge in [-0.2, -0.15) is 0 Å². The van der Waals surface area contributed by atoms with Gasteiger partial charge in [-0.25, -0.2) is 0 Å². The summed E-state index contributed by atoms with van der Waals surface area (Å²) >= 11 is 6.43. The zero-order valence-corrected chi connectivity index (χ0v) is 16.0. The molecule has 0 fully saturated rings. The summed E-state index contributed by atoms with van der Waals surface area (Å²) < 4.78 is 10.4. The van der Waals surface area contributed by atoms with E-state index in [2.05, 4.69) is 4.98 Å². The zero-order chi connectivity index (χ0) is 19.2. The molecular formula is C22H20ClNO3. The highest BCUT2D eigenvalue weighted by Crippen LogP contribution is 2.26. The van der Waals surface area contributed by atoms with Crippen molar-refractivity contribution in [1.82, 2.24) is 4.98 Å². The van der Waals surface area contributed by atoms with Gasteiger partial charge in [0.05, 0.1) is 23.8 Å². The van der Waals surface area contributed by atoms with Crippen LogP contribution in [0.15, 0.2) is 54.7 Å². The molecule has 0 spiro atoms. The first-order chi connectivity index (χ1) is 13.1. The van der Waals surface area contributed by atoms with Crippen LogP contribution in [0, 0.1) is 0 Å². The molecule has 0 aliphatic carbocycles. The largest absolute Gasteiger partial charge is 0.380 e. The standard InChI is InChI=1S/C22H20ClNO3/c1-26-13-16-10-18(14-27-2)22(23)19(11-16)21(25)8-7-15-9-17-5-3-4-6-20(17)24-12-15/h3-12H,13-14H2,1-2H3/b8-7+. The molecule has 0 unspecified atom stereocenters. The fourth-order valence-corrected chi connectivity index (χ4v) is 3.14. The number of pyridine rings is 1. The second kappa shape index (κ2) is 8.91. The second-order valence-electron chi connectivity index (χ2n) is 6.14. The van der Waals surface area contributed by atoms with Gasteiger partial charge in [-0.1, -0.05) is 29.8 Å².